The van der Waals surface area contributed by atoms with Gasteiger partial charge in [-0.15, -0.1) is 0 Å². The van der Waals surface area contributed by atoms with E-state index in [1.54, 1.807) is 25.4 Å². The number of amides is 2. The Labute approximate surface area is 318 Å². The first-order valence-corrected chi connectivity index (χ1v) is 16.9. The van der Waals surface area contributed by atoms with Gasteiger partial charge in [0.05, 0.1) is 18.1 Å². The van der Waals surface area contributed by atoms with Crippen LogP contribution in [0.15, 0.2) is 53.4 Å². The Hall–Kier alpha value is -5.99. The number of nitrogens with one attached hydrogen (secondary N) is 3. The molecule has 2 amide bonds. The highest BCUT2D eigenvalue weighted by Gasteiger charge is 2.39. The predicted molar refractivity (Wildman–Crippen MR) is 187 cm³/mol. The molecule has 6 rings (SSSR count). The summed E-state index contributed by atoms with van der Waals surface area (Å²) in [4.78, 5) is 58.5. The van der Waals surface area contributed by atoms with Gasteiger partial charge in [-0.05, 0) is 80.3 Å². The van der Waals surface area contributed by atoms with Crippen LogP contribution in [0.5, 0.6) is 0 Å². The lowest BCUT2D eigenvalue weighted by Crippen LogP contribution is -2.38. The van der Waals surface area contributed by atoms with Crippen molar-refractivity contribution in [2.24, 2.45) is 5.92 Å². The minimum absolute atomic E-state index is 0.0252. The highest BCUT2D eigenvalue weighted by Crippen LogP contribution is 2.30. The molecule has 15 nitrogen and oxygen atoms in total. The van der Waals surface area contributed by atoms with E-state index in [1.165, 1.54) is 0 Å². The Balaban J connectivity index is 0.000000425. The van der Waals surface area contributed by atoms with Crippen LogP contribution in [0.2, 0.25) is 5.02 Å². The summed E-state index contributed by atoms with van der Waals surface area (Å²) in [6.07, 6.45) is -0.726. The first-order chi connectivity index (χ1) is 26.3. The van der Waals surface area contributed by atoms with Crippen LogP contribution in [0.1, 0.15) is 53.1 Å². The van der Waals surface area contributed by atoms with Gasteiger partial charge in [0.25, 0.3) is 5.91 Å². The molecule has 1 aromatic carbocycles. The number of rotatable bonds is 5. The summed E-state index contributed by atoms with van der Waals surface area (Å²) in [5.74, 6) is -3.75. The van der Waals surface area contributed by atoms with Crippen LogP contribution >= 0.6 is 11.6 Å². The molecule has 6 bridgehead atoms. The predicted octanol–water partition coefficient (Wildman–Crippen LogP) is 6.94. The van der Waals surface area contributed by atoms with Crippen LogP contribution in [0.25, 0.3) is 0 Å². The number of carboxylic acid groups (broad SMARTS) is 2. The molecule has 0 aliphatic carbocycles. The molecule has 300 valence electrons. The molecule has 22 heteroatoms. The van der Waals surface area contributed by atoms with Gasteiger partial charge in [0.1, 0.15) is 10.8 Å². The molecule has 0 atom stereocenters. The molecule has 1 fully saturated rings. The molecular formula is C34H33ClF6N8O7. The van der Waals surface area contributed by atoms with Crippen molar-refractivity contribution < 1.29 is 60.3 Å². The van der Waals surface area contributed by atoms with Crippen LogP contribution in [0, 0.1) is 12.8 Å². The number of anilines is 5. The standard InChI is InChI=1S/C30H31ClN8O3.2C2HF3O2/c1-18-12-26(38-42-18)29(41)39-10-8-19(9-11-39)3-7-27(40)36-25-6-5-22-14-21(25)4-2-20-13-23(16-32-15-20)35-30-33-17-24(31)28(34-22)37-30;2*3-2(4,5)1(6)7/h5-6,12-17,19H,2-4,7-11H2,1H3,(H,36,40)(H2,33,34,35,37);2*(H,6,7). The Morgan fingerprint density at radius 1 is 0.929 bits per heavy atom. The van der Waals surface area contributed by atoms with Crippen LogP contribution in [0.4, 0.5) is 55.2 Å². The third kappa shape index (κ3) is 12.8. The molecule has 3 aromatic heterocycles. The van der Waals surface area contributed by atoms with Gasteiger partial charge in [0, 0.05) is 43.1 Å². The average molecular weight is 815 g/mol. The van der Waals surface area contributed by atoms with E-state index in [2.05, 4.69) is 36.1 Å². The molecular weight excluding hydrogens is 782 g/mol. The second kappa shape index (κ2) is 18.6. The van der Waals surface area contributed by atoms with Gasteiger partial charge in [0.15, 0.2) is 11.5 Å². The van der Waals surface area contributed by atoms with E-state index in [0.717, 1.165) is 53.9 Å². The van der Waals surface area contributed by atoms with Gasteiger partial charge in [0.2, 0.25) is 11.9 Å². The first-order valence-electron chi connectivity index (χ1n) is 16.5. The number of carbonyl (C=O) groups is 4. The lowest BCUT2D eigenvalue weighted by Gasteiger charge is -2.31. The summed E-state index contributed by atoms with van der Waals surface area (Å²) in [7, 11) is 0. The number of aryl methyl sites for hydroxylation is 3. The molecule has 0 spiro atoms. The normalized spacial score (nSPS) is 14.0. The van der Waals surface area contributed by atoms with Crippen LogP contribution in [-0.4, -0.2) is 84.4 Å². The van der Waals surface area contributed by atoms with Crippen molar-refractivity contribution in [2.45, 2.75) is 57.8 Å². The number of hydrogen-bond acceptors (Lipinski definition) is 11. The van der Waals surface area contributed by atoms with Crippen molar-refractivity contribution in [2.75, 3.05) is 29.0 Å². The summed E-state index contributed by atoms with van der Waals surface area (Å²) in [5, 5.41) is 28.1. The number of halogens is 7. The summed E-state index contributed by atoms with van der Waals surface area (Å²) in [5.41, 5.74) is 4.75. The maximum atomic E-state index is 13.1. The summed E-state index contributed by atoms with van der Waals surface area (Å²) < 4.78 is 68.5. The second-order valence-electron chi connectivity index (χ2n) is 12.3. The summed E-state index contributed by atoms with van der Waals surface area (Å²) in [6, 6.07) is 9.50. The van der Waals surface area contributed by atoms with Crippen molar-refractivity contribution in [1.29, 1.82) is 0 Å². The lowest BCUT2D eigenvalue weighted by atomic mass is 9.92. The SMILES string of the molecule is Cc1cc(C(=O)N2CCC(CCC(=O)Nc3ccc4cc3CCc3cncc(c3)Nc3ncc(Cl)c(n3)N4)CC2)no1.O=C(O)C(F)(F)F.O=C(O)C(F)(F)F. The van der Waals surface area contributed by atoms with Crippen molar-refractivity contribution >= 4 is 64.2 Å². The number of hydrogen-bond donors (Lipinski definition) is 5. The molecule has 56 heavy (non-hydrogen) atoms. The molecule has 5 N–H and O–H groups in total. The summed E-state index contributed by atoms with van der Waals surface area (Å²) >= 11 is 6.37. The zero-order valence-electron chi connectivity index (χ0n) is 29.2. The minimum atomic E-state index is -5.08. The highest BCUT2D eigenvalue weighted by atomic mass is 35.5. The van der Waals surface area contributed by atoms with Gasteiger partial charge in [-0.2, -0.15) is 31.3 Å². The number of piperidine rings is 1. The fourth-order valence-electron chi connectivity index (χ4n) is 5.35. The van der Waals surface area contributed by atoms with Gasteiger partial charge in [-0.25, -0.2) is 14.6 Å². The van der Waals surface area contributed by atoms with Gasteiger partial charge >= 0.3 is 24.3 Å². The van der Waals surface area contributed by atoms with Gasteiger partial charge in [-0.1, -0.05) is 16.8 Å². The summed E-state index contributed by atoms with van der Waals surface area (Å²) in [6.45, 7) is 3.07. The Bertz CT molecular complexity index is 2010. The van der Waals surface area contributed by atoms with E-state index in [-0.39, 0.29) is 11.8 Å². The fraction of sp³-hybridized carbons (Fsp3) is 0.353. The van der Waals surface area contributed by atoms with Crippen LogP contribution in [-0.2, 0) is 27.2 Å². The average Bonchev–Trinajstić information content (AvgIpc) is 3.57. The van der Waals surface area contributed by atoms with E-state index >= 15 is 0 Å². The first kappa shape index (κ1) is 42.7. The third-order valence-corrected chi connectivity index (χ3v) is 8.41. The Morgan fingerprint density at radius 3 is 2.20 bits per heavy atom. The number of likely N-dealkylation sites (tertiary alicyclic amines) is 1. The number of aromatic nitrogens is 4. The maximum absolute atomic E-state index is 13.1. The van der Waals surface area contributed by atoms with E-state index in [4.69, 9.17) is 35.9 Å². The number of aliphatic carboxylic acids is 2. The number of pyridine rings is 1. The molecule has 0 radical (unpaired) electrons. The Kier molecular flexibility index (Phi) is 14.2. The zero-order chi connectivity index (χ0) is 41.2. The number of carboxylic acids is 2. The molecule has 5 heterocycles. The molecule has 2 aliphatic rings. The van der Waals surface area contributed by atoms with Gasteiger partial charge < -0.3 is 35.6 Å². The molecule has 4 aromatic rings. The van der Waals surface area contributed by atoms with Gasteiger partial charge in [-0.3, -0.25) is 14.6 Å². The van der Waals surface area contributed by atoms with Crippen molar-refractivity contribution in [3.8, 4) is 0 Å². The molecule has 2 aliphatic heterocycles. The van der Waals surface area contributed by atoms with E-state index in [1.807, 2.05) is 35.4 Å². The van der Waals surface area contributed by atoms with Crippen molar-refractivity contribution in [3.05, 3.63) is 76.5 Å². The van der Waals surface area contributed by atoms with Crippen molar-refractivity contribution in [1.82, 2.24) is 25.0 Å². The van der Waals surface area contributed by atoms with E-state index < -0.39 is 24.3 Å². The fourth-order valence-corrected chi connectivity index (χ4v) is 5.49. The smallest absolute Gasteiger partial charge is 0.475 e. The molecule has 0 saturated carbocycles. The quantitative estimate of drug-likeness (QED) is 0.129. The molecule has 1 saturated heterocycles. The minimum Gasteiger partial charge on any atom is -0.475 e. The monoisotopic (exact) mass is 814 g/mol. The topological polar surface area (TPSA) is 213 Å². The van der Waals surface area contributed by atoms with E-state index in [0.29, 0.717) is 60.1 Å². The maximum Gasteiger partial charge on any atom is 0.490 e. The largest absolute Gasteiger partial charge is 0.490 e. The molecule has 0 unspecified atom stereocenters. The number of carbonyl (C=O) groups excluding carboxylic acids is 2. The highest BCUT2D eigenvalue weighted by molar-refractivity contribution is 6.32. The van der Waals surface area contributed by atoms with E-state index in [9.17, 15) is 35.9 Å². The number of nitrogens with zero attached hydrogens (tertiary/aromatic N) is 5. The van der Waals surface area contributed by atoms with Crippen molar-refractivity contribution in [3.63, 3.8) is 0 Å². The number of fused-ring (bicyclic) bond motifs is 6. The number of benzene rings is 1. The Morgan fingerprint density at radius 2 is 1.59 bits per heavy atom. The second-order valence-corrected chi connectivity index (χ2v) is 12.8. The van der Waals surface area contributed by atoms with Crippen LogP contribution < -0.4 is 16.0 Å². The van der Waals surface area contributed by atoms with Crippen LogP contribution in [0.3, 0.4) is 0 Å². The lowest BCUT2D eigenvalue weighted by molar-refractivity contribution is -0.193. The number of alkyl halides is 6. The zero-order valence-corrected chi connectivity index (χ0v) is 29.9. The third-order valence-electron chi connectivity index (χ3n) is 8.13.